The number of nitrogens with zero attached hydrogens (tertiary/aromatic N) is 2. The maximum absolute atomic E-state index is 13.2. The van der Waals surface area contributed by atoms with E-state index in [1.807, 2.05) is 37.3 Å². The number of anilines is 1. The molecule has 0 saturated heterocycles. The highest BCUT2D eigenvalue weighted by atomic mass is 32.1. The van der Waals surface area contributed by atoms with Crippen LogP contribution in [-0.2, 0) is 20.9 Å². The van der Waals surface area contributed by atoms with Gasteiger partial charge in [0.15, 0.2) is 0 Å². The molecule has 34 heavy (non-hydrogen) atoms. The van der Waals surface area contributed by atoms with Crippen molar-refractivity contribution in [2.45, 2.75) is 20.4 Å². The second-order valence-electron chi connectivity index (χ2n) is 7.51. The molecule has 8 heteroatoms. The molecule has 2 heterocycles. The maximum Gasteiger partial charge on any atom is 0.330 e. The highest BCUT2D eigenvalue weighted by Gasteiger charge is 2.17. The van der Waals surface area contributed by atoms with Crippen molar-refractivity contribution in [1.29, 1.82) is 0 Å². The largest absolute Gasteiger partial charge is 0.463 e. The van der Waals surface area contributed by atoms with Crippen LogP contribution in [0.25, 0.3) is 27.4 Å². The van der Waals surface area contributed by atoms with E-state index in [1.54, 1.807) is 37.3 Å². The van der Waals surface area contributed by atoms with Crippen LogP contribution in [0.5, 0.6) is 0 Å². The number of hydrogen-bond acceptors (Lipinski definition) is 6. The monoisotopic (exact) mass is 473 g/mol. The van der Waals surface area contributed by atoms with Crippen molar-refractivity contribution in [2.24, 2.45) is 0 Å². The van der Waals surface area contributed by atoms with Crippen molar-refractivity contribution in [3.8, 4) is 11.1 Å². The standard InChI is InChI=1S/C26H23N3O4S/c1-3-33-22(31)14-11-18-9-12-20(13-10-18)28-21(30)15-29-16-27-25-24(26(29)32)23(17(2)34-25)19-7-5-4-6-8-19/h4-14,16H,3,15H2,1-2H3,(H,28,30)/b14-11+. The zero-order valence-corrected chi connectivity index (χ0v) is 19.6. The second-order valence-corrected chi connectivity index (χ2v) is 8.72. The number of ether oxygens (including phenoxy) is 1. The van der Waals surface area contributed by atoms with Crippen molar-refractivity contribution in [3.05, 3.63) is 87.8 Å². The van der Waals surface area contributed by atoms with Crippen molar-refractivity contribution in [3.63, 3.8) is 0 Å². The van der Waals surface area contributed by atoms with Crippen LogP contribution in [-0.4, -0.2) is 28.0 Å². The van der Waals surface area contributed by atoms with E-state index in [1.165, 1.54) is 28.3 Å². The minimum atomic E-state index is -0.410. The zero-order chi connectivity index (χ0) is 24.1. The molecule has 0 unspecified atom stereocenters. The summed E-state index contributed by atoms with van der Waals surface area (Å²) in [5, 5.41) is 3.32. The van der Waals surface area contributed by atoms with Gasteiger partial charge in [-0.2, -0.15) is 0 Å². The molecule has 7 nitrogen and oxygen atoms in total. The van der Waals surface area contributed by atoms with Crippen LogP contribution in [0.3, 0.4) is 0 Å². The highest BCUT2D eigenvalue weighted by molar-refractivity contribution is 7.19. The van der Waals surface area contributed by atoms with E-state index in [4.69, 9.17) is 4.74 Å². The maximum atomic E-state index is 13.2. The average Bonchev–Trinajstić information content (AvgIpc) is 3.18. The molecule has 1 N–H and O–H groups in total. The molecule has 0 bridgehead atoms. The molecule has 0 aliphatic carbocycles. The van der Waals surface area contributed by atoms with E-state index in [0.29, 0.717) is 22.5 Å². The Labute approximate surface area is 200 Å². The van der Waals surface area contributed by atoms with Crippen LogP contribution in [0.15, 0.2) is 71.8 Å². The minimum Gasteiger partial charge on any atom is -0.463 e. The topological polar surface area (TPSA) is 90.3 Å². The third-order valence-electron chi connectivity index (χ3n) is 5.12. The Morgan fingerprint density at radius 3 is 2.56 bits per heavy atom. The predicted octanol–water partition coefficient (Wildman–Crippen LogP) is 4.65. The number of esters is 1. The fraction of sp³-hybridized carbons (Fsp3) is 0.154. The molecule has 0 atom stereocenters. The number of aryl methyl sites for hydroxylation is 1. The van der Waals surface area contributed by atoms with Gasteiger partial charge in [-0.05, 0) is 43.2 Å². The molecule has 0 aliphatic heterocycles. The van der Waals surface area contributed by atoms with Gasteiger partial charge >= 0.3 is 5.97 Å². The number of carbonyl (C=O) groups is 2. The molecule has 0 spiro atoms. The molecular formula is C26H23N3O4S. The summed E-state index contributed by atoms with van der Waals surface area (Å²) in [7, 11) is 0. The number of fused-ring (bicyclic) bond motifs is 1. The molecule has 172 valence electrons. The summed E-state index contributed by atoms with van der Waals surface area (Å²) in [5.41, 5.74) is 2.93. The van der Waals surface area contributed by atoms with E-state index in [9.17, 15) is 14.4 Å². The summed E-state index contributed by atoms with van der Waals surface area (Å²) in [4.78, 5) is 43.4. The Morgan fingerprint density at radius 2 is 1.85 bits per heavy atom. The lowest BCUT2D eigenvalue weighted by molar-refractivity contribution is -0.137. The third kappa shape index (κ3) is 5.13. The predicted molar refractivity (Wildman–Crippen MR) is 135 cm³/mol. The second kappa shape index (κ2) is 10.3. The number of rotatable bonds is 7. The lowest BCUT2D eigenvalue weighted by Gasteiger charge is -2.08. The molecule has 0 aliphatic rings. The molecular weight excluding hydrogens is 450 g/mol. The van der Waals surface area contributed by atoms with Crippen LogP contribution in [0.2, 0.25) is 0 Å². The molecule has 0 saturated carbocycles. The van der Waals surface area contributed by atoms with Crippen molar-refractivity contribution >= 4 is 45.2 Å². The SMILES string of the molecule is CCOC(=O)/C=C/c1ccc(NC(=O)Cn2cnc3sc(C)c(-c4ccccc4)c3c2=O)cc1. The molecule has 2 aromatic heterocycles. The first-order valence-corrected chi connectivity index (χ1v) is 11.6. The summed E-state index contributed by atoms with van der Waals surface area (Å²) in [5.74, 6) is -0.751. The first kappa shape index (κ1) is 23.1. The number of carbonyl (C=O) groups excluding carboxylic acids is 2. The summed E-state index contributed by atoms with van der Waals surface area (Å²) in [6, 6.07) is 16.7. The number of benzene rings is 2. The van der Waals surface area contributed by atoms with Gasteiger partial charge in [0.1, 0.15) is 11.4 Å². The van der Waals surface area contributed by atoms with E-state index in [-0.39, 0.29) is 18.0 Å². The zero-order valence-electron chi connectivity index (χ0n) is 18.8. The first-order chi connectivity index (χ1) is 16.5. The van der Waals surface area contributed by atoms with Gasteiger partial charge in [0.05, 0.1) is 18.3 Å². The van der Waals surface area contributed by atoms with Gasteiger partial charge in [0.25, 0.3) is 5.56 Å². The van der Waals surface area contributed by atoms with Gasteiger partial charge in [-0.15, -0.1) is 11.3 Å². The molecule has 0 radical (unpaired) electrons. The fourth-order valence-electron chi connectivity index (χ4n) is 3.59. The number of thiophene rings is 1. The van der Waals surface area contributed by atoms with Gasteiger partial charge in [-0.3, -0.25) is 14.2 Å². The van der Waals surface area contributed by atoms with E-state index in [2.05, 4.69) is 10.3 Å². The number of nitrogens with one attached hydrogen (secondary N) is 1. The van der Waals surface area contributed by atoms with Gasteiger partial charge in [0.2, 0.25) is 5.91 Å². The molecule has 2 aromatic carbocycles. The van der Waals surface area contributed by atoms with Crippen molar-refractivity contribution in [2.75, 3.05) is 11.9 Å². The third-order valence-corrected chi connectivity index (χ3v) is 6.14. The van der Waals surface area contributed by atoms with E-state index < -0.39 is 5.97 Å². The Balaban J connectivity index is 1.51. The normalized spacial score (nSPS) is 11.1. The molecule has 4 rings (SSSR count). The van der Waals surface area contributed by atoms with E-state index in [0.717, 1.165) is 21.6 Å². The van der Waals surface area contributed by atoms with Gasteiger partial charge < -0.3 is 10.1 Å². The Hall–Kier alpha value is -4.04. The smallest absolute Gasteiger partial charge is 0.330 e. The summed E-state index contributed by atoms with van der Waals surface area (Å²) in [6.07, 6.45) is 4.40. The minimum absolute atomic E-state index is 0.157. The number of aromatic nitrogens is 2. The van der Waals surface area contributed by atoms with Crippen molar-refractivity contribution < 1.29 is 14.3 Å². The highest BCUT2D eigenvalue weighted by Crippen LogP contribution is 2.35. The van der Waals surface area contributed by atoms with Crippen LogP contribution in [0.4, 0.5) is 5.69 Å². The number of amides is 1. The Bertz CT molecular complexity index is 1420. The lowest BCUT2D eigenvalue weighted by Crippen LogP contribution is -2.27. The van der Waals surface area contributed by atoms with Gasteiger partial charge in [-0.25, -0.2) is 9.78 Å². The molecule has 0 fully saturated rings. The quantitative estimate of drug-likeness (QED) is 0.312. The first-order valence-electron chi connectivity index (χ1n) is 10.7. The lowest BCUT2D eigenvalue weighted by atomic mass is 10.0. The molecule has 1 amide bonds. The Morgan fingerprint density at radius 1 is 1.12 bits per heavy atom. The van der Waals surface area contributed by atoms with Crippen LogP contribution in [0, 0.1) is 6.92 Å². The fourth-order valence-corrected chi connectivity index (χ4v) is 4.59. The summed E-state index contributed by atoms with van der Waals surface area (Å²) < 4.78 is 6.18. The Kier molecular flexibility index (Phi) is 6.98. The van der Waals surface area contributed by atoms with Gasteiger partial charge in [-0.1, -0.05) is 42.5 Å². The van der Waals surface area contributed by atoms with Gasteiger partial charge in [0, 0.05) is 22.2 Å². The van der Waals surface area contributed by atoms with Crippen LogP contribution >= 0.6 is 11.3 Å². The summed E-state index contributed by atoms with van der Waals surface area (Å²) in [6.45, 7) is 3.88. The summed E-state index contributed by atoms with van der Waals surface area (Å²) >= 11 is 1.47. The van der Waals surface area contributed by atoms with Crippen molar-refractivity contribution in [1.82, 2.24) is 9.55 Å². The van der Waals surface area contributed by atoms with E-state index >= 15 is 0 Å². The number of hydrogen-bond donors (Lipinski definition) is 1. The molecule has 4 aromatic rings. The van der Waals surface area contributed by atoms with Crippen LogP contribution in [0.1, 0.15) is 17.4 Å². The van der Waals surface area contributed by atoms with Crippen LogP contribution < -0.4 is 10.9 Å². The average molecular weight is 474 g/mol.